The third-order valence-corrected chi connectivity index (χ3v) is 3.69. The molecule has 0 radical (unpaired) electrons. The molecular formula is C16H25NO2. The molecule has 0 saturated carbocycles. The Hall–Kier alpha value is -1.35. The maximum atomic E-state index is 11.2. The number of nitrogens with one attached hydrogen (secondary N) is 1. The van der Waals surface area contributed by atoms with Crippen LogP contribution in [0.3, 0.4) is 0 Å². The number of carboxylic acid groups (broad SMARTS) is 1. The van der Waals surface area contributed by atoms with Gasteiger partial charge in [-0.25, -0.2) is 0 Å². The molecule has 1 rings (SSSR count). The first-order valence-electron chi connectivity index (χ1n) is 7.12. The molecule has 3 nitrogen and oxygen atoms in total. The standard InChI is InChI=1S/C16H25NO2/c1-4-12(3)15(16(18)19)17-11-10-14-8-6-13(5-2)7-9-14/h6-9,12,15,17H,4-5,10-11H2,1-3H3,(H,18,19)/t12-,15-/m0/s1. The van der Waals surface area contributed by atoms with Crippen molar-refractivity contribution < 1.29 is 9.90 Å². The van der Waals surface area contributed by atoms with E-state index in [0.717, 1.165) is 19.3 Å². The molecule has 0 amide bonds. The van der Waals surface area contributed by atoms with Crippen molar-refractivity contribution in [3.8, 4) is 0 Å². The summed E-state index contributed by atoms with van der Waals surface area (Å²) in [6.45, 7) is 6.83. The van der Waals surface area contributed by atoms with E-state index in [-0.39, 0.29) is 5.92 Å². The van der Waals surface area contributed by atoms with Gasteiger partial charge in [-0.3, -0.25) is 4.79 Å². The van der Waals surface area contributed by atoms with Crippen molar-refractivity contribution >= 4 is 5.97 Å². The smallest absolute Gasteiger partial charge is 0.320 e. The van der Waals surface area contributed by atoms with Crippen LogP contribution in [0.5, 0.6) is 0 Å². The van der Waals surface area contributed by atoms with Crippen molar-refractivity contribution in [1.82, 2.24) is 5.32 Å². The summed E-state index contributed by atoms with van der Waals surface area (Å²) < 4.78 is 0. The Bertz CT molecular complexity index is 386. The zero-order valence-corrected chi connectivity index (χ0v) is 12.1. The number of carbonyl (C=O) groups is 1. The highest BCUT2D eigenvalue weighted by atomic mass is 16.4. The summed E-state index contributed by atoms with van der Waals surface area (Å²) in [6.07, 6.45) is 2.78. The predicted molar refractivity (Wildman–Crippen MR) is 78.4 cm³/mol. The van der Waals surface area contributed by atoms with Gasteiger partial charge in [0.1, 0.15) is 6.04 Å². The van der Waals surface area contributed by atoms with E-state index in [9.17, 15) is 9.90 Å². The maximum absolute atomic E-state index is 11.2. The molecule has 106 valence electrons. The first-order valence-corrected chi connectivity index (χ1v) is 7.12. The lowest BCUT2D eigenvalue weighted by molar-refractivity contribution is -0.140. The van der Waals surface area contributed by atoms with Gasteiger partial charge in [-0.1, -0.05) is 51.5 Å². The van der Waals surface area contributed by atoms with E-state index < -0.39 is 12.0 Å². The molecule has 0 aromatic heterocycles. The zero-order chi connectivity index (χ0) is 14.3. The molecule has 0 fully saturated rings. The Kier molecular flexibility index (Phi) is 6.57. The summed E-state index contributed by atoms with van der Waals surface area (Å²) in [6, 6.07) is 8.08. The molecule has 3 heteroatoms. The van der Waals surface area contributed by atoms with Gasteiger partial charge in [-0.2, -0.15) is 0 Å². The normalized spacial score (nSPS) is 14.1. The van der Waals surface area contributed by atoms with E-state index in [1.165, 1.54) is 11.1 Å². The van der Waals surface area contributed by atoms with Gasteiger partial charge in [0.15, 0.2) is 0 Å². The van der Waals surface area contributed by atoms with E-state index in [1.807, 2.05) is 13.8 Å². The van der Waals surface area contributed by atoms with Gasteiger partial charge < -0.3 is 10.4 Å². The molecule has 0 aliphatic heterocycles. The van der Waals surface area contributed by atoms with Crippen molar-refractivity contribution in [1.29, 1.82) is 0 Å². The Labute approximate surface area is 116 Å². The fourth-order valence-electron chi connectivity index (χ4n) is 2.08. The quantitative estimate of drug-likeness (QED) is 0.758. The highest BCUT2D eigenvalue weighted by Gasteiger charge is 2.22. The minimum absolute atomic E-state index is 0.153. The number of aliphatic carboxylic acids is 1. The van der Waals surface area contributed by atoms with Gasteiger partial charge in [0.2, 0.25) is 0 Å². The Morgan fingerprint density at radius 2 is 1.79 bits per heavy atom. The van der Waals surface area contributed by atoms with Crippen LogP contribution in [0, 0.1) is 5.92 Å². The average molecular weight is 263 g/mol. The molecular weight excluding hydrogens is 238 g/mol. The lowest BCUT2D eigenvalue weighted by atomic mass is 9.99. The van der Waals surface area contributed by atoms with Crippen molar-refractivity contribution in [2.45, 2.75) is 46.1 Å². The lowest BCUT2D eigenvalue weighted by Crippen LogP contribution is -2.42. The summed E-state index contributed by atoms with van der Waals surface area (Å²) in [5.41, 5.74) is 2.58. The van der Waals surface area contributed by atoms with Crippen LogP contribution in [0.2, 0.25) is 0 Å². The lowest BCUT2D eigenvalue weighted by Gasteiger charge is -2.20. The maximum Gasteiger partial charge on any atom is 0.320 e. The summed E-state index contributed by atoms with van der Waals surface area (Å²) in [5.74, 6) is -0.601. The Morgan fingerprint density at radius 1 is 1.21 bits per heavy atom. The van der Waals surface area contributed by atoms with Crippen molar-refractivity contribution in [2.24, 2.45) is 5.92 Å². The molecule has 0 aliphatic rings. The van der Waals surface area contributed by atoms with E-state index in [1.54, 1.807) is 0 Å². The number of hydrogen-bond donors (Lipinski definition) is 2. The van der Waals surface area contributed by atoms with Gasteiger partial charge in [0.25, 0.3) is 0 Å². The number of rotatable bonds is 8. The van der Waals surface area contributed by atoms with Gasteiger partial charge >= 0.3 is 5.97 Å². The Balaban J connectivity index is 2.44. The minimum Gasteiger partial charge on any atom is -0.480 e. The van der Waals surface area contributed by atoms with Gasteiger partial charge in [-0.05, 0) is 36.4 Å². The van der Waals surface area contributed by atoms with E-state index in [0.29, 0.717) is 6.54 Å². The number of hydrogen-bond acceptors (Lipinski definition) is 2. The van der Waals surface area contributed by atoms with Crippen LogP contribution in [0.1, 0.15) is 38.3 Å². The summed E-state index contributed by atoms with van der Waals surface area (Å²) in [5, 5.41) is 12.3. The van der Waals surface area contributed by atoms with Crippen LogP contribution in [0.15, 0.2) is 24.3 Å². The van der Waals surface area contributed by atoms with Crippen LogP contribution in [0.4, 0.5) is 0 Å². The topological polar surface area (TPSA) is 49.3 Å². The zero-order valence-electron chi connectivity index (χ0n) is 12.1. The third kappa shape index (κ3) is 5.03. The van der Waals surface area contributed by atoms with Crippen LogP contribution in [-0.4, -0.2) is 23.7 Å². The number of carboxylic acids is 1. The van der Waals surface area contributed by atoms with Crippen LogP contribution >= 0.6 is 0 Å². The molecule has 0 bridgehead atoms. The fraction of sp³-hybridized carbons (Fsp3) is 0.562. The van der Waals surface area contributed by atoms with E-state index in [4.69, 9.17) is 0 Å². The van der Waals surface area contributed by atoms with Crippen LogP contribution in [0.25, 0.3) is 0 Å². The molecule has 1 aromatic carbocycles. The third-order valence-electron chi connectivity index (χ3n) is 3.69. The average Bonchev–Trinajstić information content (AvgIpc) is 2.43. The van der Waals surface area contributed by atoms with Gasteiger partial charge in [0.05, 0.1) is 0 Å². The Morgan fingerprint density at radius 3 is 2.26 bits per heavy atom. The van der Waals surface area contributed by atoms with Crippen molar-refractivity contribution in [3.05, 3.63) is 35.4 Å². The molecule has 0 saturated heterocycles. The summed E-state index contributed by atoms with van der Waals surface area (Å²) in [4.78, 5) is 11.2. The second-order valence-corrected chi connectivity index (χ2v) is 5.08. The fourth-order valence-corrected chi connectivity index (χ4v) is 2.08. The minimum atomic E-state index is -0.754. The van der Waals surface area contributed by atoms with E-state index in [2.05, 4.69) is 36.5 Å². The van der Waals surface area contributed by atoms with Crippen LogP contribution in [-0.2, 0) is 17.6 Å². The first-order chi connectivity index (χ1) is 9.08. The molecule has 0 unspecified atom stereocenters. The summed E-state index contributed by atoms with van der Waals surface area (Å²) >= 11 is 0. The summed E-state index contributed by atoms with van der Waals surface area (Å²) in [7, 11) is 0. The second-order valence-electron chi connectivity index (χ2n) is 5.08. The number of aryl methyl sites for hydroxylation is 1. The monoisotopic (exact) mass is 263 g/mol. The SMILES string of the molecule is CCc1ccc(CCN[C@H](C(=O)O)[C@@H](C)CC)cc1. The molecule has 0 heterocycles. The predicted octanol–water partition coefficient (Wildman–Crippen LogP) is 2.88. The molecule has 19 heavy (non-hydrogen) atoms. The molecule has 0 spiro atoms. The first kappa shape index (κ1) is 15.7. The molecule has 1 aromatic rings. The highest BCUT2D eigenvalue weighted by molar-refractivity contribution is 5.73. The van der Waals surface area contributed by atoms with Crippen molar-refractivity contribution in [3.63, 3.8) is 0 Å². The van der Waals surface area contributed by atoms with E-state index >= 15 is 0 Å². The van der Waals surface area contributed by atoms with Gasteiger partial charge in [0, 0.05) is 0 Å². The molecule has 2 atom stereocenters. The molecule has 0 aliphatic carbocycles. The largest absolute Gasteiger partial charge is 0.480 e. The van der Waals surface area contributed by atoms with Crippen molar-refractivity contribution in [2.75, 3.05) is 6.54 Å². The highest BCUT2D eigenvalue weighted by Crippen LogP contribution is 2.09. The second kappa shape index (κ2) is 7.95. The van der Waals surface area contributed by atoms with Crippen LogP contribution < -0.4 is 5.32 Å². The van der Waals surface area contributed by atoms with Gasteiger partial charge in [-0.15, -0.1) is 0 Å². The molecule has 2 N–H and O–H groups in total. The number of benzene rings is 1.